The van der Waals surface area contributed by atoms with Crippen LogP contribution in [-0.4, -0.2) is 84.6 Å². The molecule has 3 fully saturated rings. The first-order valence-electron chi connectivity index (χ1n) is 10.9. The van der Waals surface area contributed by atoms with E-state index in [9.17, 15) is 14.4 Å². The number of piperazine rings is 1. The number of nitrogens with zero attached hydrogens (tertiary/aromatic N) is 4. The van der Waals surface area contributed by atoms with Gasteiger partial charge in [-0.1, -0.05) is 6.07 Å². The Morgan fingerprint density at radius 3 is 2.40 bits per heavy atom. The predicted octanol–water partition coefficient (Wildman–Crippen LogP) is 0.373. The molecule has 5 rings (SSSR count). The van der Waals surface area contributed by atoms with Crippen molar-refractivity contribution in [1.82, 2.24) is 25.6 Å². The number of imide groups is 1. The molecule has 0 aromatic heterocycles. The Kier molecular flexibility index (Phi) is 5.08. The second kappa shape index (κ2) is 7.88. The number of hydrazine groups is 1. The highest BCUT2D eigenvalue weighted by Gasteiger charge is 2.37. The summed E-state index contributed by atoms with van der Waals surface area (Å²) in [5.41, 5.74) is 2.64. The van der Waals surface area contributed by atoms with Gasteiger partial charge in [-0.05, 0) is 30.5 Å². The molecule has 3 saturated heterocycles. The van der Waals surface area contributed by atoms with Crippen LogP contribution in [0.2, 0.25) is 0 Å². The molecule has 9 nitrogen and oxygen atoms in total. The monoisotopic (exact) mass is 412 g/mol. The molecule has 30 heavy (non-hydrogen) atoms. The molecular weight excluding hydrogens is 384 g/mol. The van der Waals surface area contributed by atoms with Crippen molar-refractivity contribution in [2.45, 2.75) is 31.8 Å². The summed E-state index contributed by atoms with van der Waals surface area (Å²) in [5.74, 6) is -0.473. The molecule has 0 atom stereocenters. The van der Waals surface area contributed by atoms with Crippen LogP contribution in [0, 0.1) is 0 Å². The molecule has 1 aromatic carbocycles. The lowest BCUT2D eigenvalue weighted by atomic mass is 10.0. The molecular formula is C21H28N6O3. The lowest BCUT2D eigenvalue weighted by Crippen LogP contribution is -2.56. The van der Waals surface area contributed by atoms with E-state index in [0.717, 1.165) is 63.4 Å². The third kappa shape index (κ3) is 3.52. The van der Waals surface area contributed by atoms with Crippen molar-refractivity contribution >= 4 is 23.5 Å². The summed E-state index contributed by atoms with van der Waals surface area (Å²) in [6.07, 6.45) is 2.48. The number of amides is 4. The van der Waals surface area contributed by atoms with Gasteiger partial charge < -0.3 is 10.2 Å². The summed E-state index contributed by atoms with van der Waals surface area (Å²) in [6.45, 7) is 6.98. The Balaban J connectivity index is 1.25. The summed E-state index contributed by atoms with van der Waals surface area (Å²) in [7, 11) is 0. The Morgan fingerprint density at radius 1 is 0.900 bits per heavy atom. The van der Waals surface area contributed by atoms with E-state index in [1.165, 1.54) is 10.0 Å². The van der Waals surface area contributed by atoms with Gasteiger partial charge in [0.15, 0.2) is 0 Å². The summed E-state index contributed by atoms with van der Waals surface area (Å²) < 4.78 is 0. The van der Waals surface area contributed by atoms with Crippen molar-refractivity contribution in [1.29, 1.82) is 0 Å². The lowest BCUT2D eigenvalue weighted by molar-refractivity contribution is -0.123. The smallest absolute Gasteiger partial charge is 0.342 e. The van der Waals surface area contributed by atoms with Gasteiger partial charge in [0.2, 0.25) is 5.91 Å². The van der Waals surface area contributed by atoms with Gasteiger partial charge in [0.1, 0.15) is 0 Å². The van der Waals surface area contributed by atoms with Crippen molar-refractivity contribution in [3.63, 3.8) is 0 Å². The third-order valence-corrected chi connectivity index (χ3v) is 6.70. The highest BCUT2D eigenvalue weighted by atomic mass is 16.2. The zero-order valence-corrected chi connectivity index (χ0v) is 17.1. The minimum Gasteiger partial charge on any atom is -0.371 e. The fourth-order valence-corrected chi connectivity index (χ4v) is 4.99. The second-order valence-electron chi connectivity index (χ2n) is 8.43. The van der Waals surface area contributed by atoms with Gasteiger partial charge in [0.25, 0.3) is 5.91 Å². The van der Waals surface area contributed by atoms with Gasteiger partial charge in [0.05, 0.1) is 13.1 Å². The molecule has 0 spiro atoms. The molecule has 160 valence electrons. The van der Waals surface area contributed by atoms with Crippen LogP contribution in [-0.2, 0) is 11.3 Å². The molecule has 4 heterocycles. The number of fused-ring (bicyclic) bond motifs is 1. The zero-order valence-electron chi connectivity index (χ0n) is 17.1. The number of piperidine rings is 1. The quantitative estimate of drug-likeness (QED) is 0.746. The summed E-state index contributed by atoms with van der Waals surface area (Å²) in [4.78, 5) is 41.5. The minimum absolute atomic E-state index is 0.174. The molecule has 4 aliphatic heterocycles. The topological polar surface area (TPSA) is 88.2 Å². The lowest BCUT2D eigenvalue weighted by Gasteiger charge is -2.41. The van der Waals surface area contributed by atoms with Gasteiger partial charge in [-0.15, -0.1) is 0 Å². The Bertz CT molecular complexity index is 860. The van der Waals surface area contributed by atoms with Crippen molar-refractivity contribution < 1.29 is 14.4 Å². The normalized spacial score (nSPS) is 23.7. The second-order valence-corrected chi connectivity index (χ2v) is 8.43. The van der Waals surface area contributed by atoms with Crippen LogP contribution in [0.1, 0.15) is 35.2 Å². The zero-order chi connectivity index (χ0) is 20.7. The van der Waals surface area contributed by atoms with Crippen LogP contribution in [0.5, 0.6) is 0 Å². The fourth-order valence-electron chi connectivity index (χ4n) is 4.99. The number of nitrogens with one attached hydrogen (secondary N) is 2. The van der Waals surface area contributed by atoms with Crippen molar-refractivity contribution in [2.75, 3.05) is 50.7 Å². The predicted molar refractivity (Wildman–Crippen MR) is 111 cm³/mol. The number of carbonyl (C=O) groups is 3. The van der Waals surface area contributed by atoms with Crippen LogP contribution >= 0.6 is 0 Å². The number of urea groups is 1. The first kappa shape index (κ1) is 19.3. The van der Waals surface area contributed by atoms with Crippen LogP contribution < -0.4 is 15.5 Å². The van der Waals surface area contributed by atoms with E-state index in [1.54, 1.807) is 0 Å². The van der Waals surface area contributed by atoms with Crippen LogP contribution in [0.25, 0.3) is 0 Å². The maximum absolute atomic E-state index is 13.0. The van der Waals surface area contributed by atoms with Gasteiger partial charge in [-0.3, -0.25) is 19.8 Å². The third-order valence-electron chi connectivity index (χ3n) is 6.70. The van der Waals surface area contributed by atoms with E-state index in [-0.39, 0.29) is 24.8 Å². The average Bonchev–Trinajstić information content (AvgIpc) is 3.10. The Labute approximate surface area is 175 Å². The van der Waals surface area contributed by atoms with E-state index < -0.39 is 6.03 Å². The highest BCUT2D eigenvalue weighted by molar-refractivity contribution is 6.02. The average molecular weight is 412 g/mol. The van der Waals surface area contributed by atoms with E-state index in [0.29, 0.717) is 18.2 Å². The van der Waals surface area contributed by atoms with E-state index in [1.807, 2.05) is 12.1 Å². The maximum Gasteiger partial charge on any atom is 0.342 e. The van der Waals surface area contributed by atoms with Crippen molar-refractivity contribution in [3.05, 3.63) is 29.3 Å². The number of hydrogen-bond acceptors (Lipinski definition) is 6. The molecule has 0 radical (unpaired) electrons. The summed E-state index contributed by atoms with van der Waals surface area (Å²) >= 11 is 0. The fraction of sp³-hybridized carbons (Fsp3) is 0.571. The number of anilines is 1. The Hall–Kier alpha value is -2.65. The number of benzene rings is 1. The highest BCUT2D eigenvalue weighted by Crippen LogP contribution is 2.31. The minimum atomic E-state index is -0.525. The molecule has 1 aromatic rings. The number of hydrogen-bond donors (Lipinski definition) is 2. The number of rotatable bonds is 3. The van der Waals surface area contributed by atoms with Gasteiger partial charge >= 0.3 is 6.03 Å². The first-order valence-corrected chi connectivity index (χ1v) is 10.9. The van der Waals surface area contributed by atoms with Crippen LogP contribution in [0.4, 0.5) is 10.5 Å². The van der Waals surface area contributed by atoms with E-state index in [4.69, 9.17) is 0 Å². The molecule has 0 saturated carbocycles. The SMILES string of the molecule is O=C1CCN(N2Cc3ccc(N4CCC(N5CCNCC5)CC4)cc3C2=O)C(=O)N1. The molecule has 9 heteroatoms. The molecule has 4 aliphatic rings. The molecule has 4 amide bonds. The van der Waals surface area contributed by atoms with E-state index >= 15 is 0 Å². The molecule has 2 N–H and O–H groups in total. The van der Waals surface area contributed by atoms with Crippen LogP contribution in [0.3, 0.4) is 0 Å². The Morgan fingerprint density at radius 2 is 1.67 bits per heavy atom. The molecule has 0 aliphatic carbocycles. The molecule has 0 bridgehead atoms. The van der Waals surface area contributed by atoms with Gasteiger partial charge in [-0.2, -0.15) is 0 Å². The summed E-state index contributed by atoms with van der Waals surface area (Å²) in [5, 5.41) is 8.50. The largest absolute Gasteiger partial charge is 0.371 e. The van der Waals surface area contributed by atoms with Crippen LogP contribution in [0.15, 0.2) is 18.2 Å². The molecule has 0 unspecified atom stereocenters. The standard InChI is InChI=1S/C21H28N6O3/c28-19-5-10-26(21(30)23-19)27-14-15-1-2-17(13-18(15)20(27)29)24-8-3-16(4-9-24)25-11-6-22-7-12-25/h1-2,13,16,22H,3-12,14H2,(H,23,28,30). The maximum atomic E-state index is 13.0. The van der Waals surface area contributed by atoms with Gasteiger partial charge in [-0.25, -0.2) is 14.8 Å². The van der Waals surface area contributed by atoms with Crippen molar-refractivity contribution in [3.8, 4) is 0 Å². The van der Waals surface area contributed by atoms with E-state index in [2.05, 4.69) is 26.5 Å². The number of carbonyl (C=O) groups excluding carboxylic acids is 3. The summed E-state index contributed by atoms with van der Waals surface area (Å²) in [6, 6.07) is 6.17. The van der Waals surface area contributed by atoms with Crippen molar-refractivity contribution in [2.24, 2.45) is 0 Å². The first-order chi connectivity index (χ1) is 14.6. The van der Waals surface area contributed by atoms with Gasteiger partial charge in [0, 0.05) is 63.0 Å².